The molecule has 0 N–H and O–H groups in total. The summed E-state index contributed by atoms with van der Waals surface area (Å²) in [6, 6.07) is 16.8. The van der Waals surface area contributed by atoms with Crippen molar-refractivity contribution in [2.45, 2.75) is 33.4 Å². The van der Waals surface area contributed by atoms with Gasteiger partial charge in [0, 0.05) is 61.9 Å². The van der Waals surface area contributed by atoms with Crippen molar-refractivity contribution >= 4 is 23.4 Å². The summed E-state index contributed by atoms with van der Waals surface area (Å²) < 4.78 is 18.0. The van der Waals surface area contributed by atoms with Gasteiger partial charge in [-0.2, -0.15) is 0 Å². The molecule has 0 spiro atoms. The van der Waals surface area contributed by atoms with Gasteiger partial charge in [-0.15, -0.1) is 0 Å². The zero-order valence-electron chi connectivity index (χ0n) is 24.1. The van der Waals surface area contributed by atoms with E-state index in [1.807, 2.05) is 47.5 Å². The van der Waals surface area contributed by atoms with Gasteiger partial charge in [-0.3, -0.25) is 9.59 Å². The Bertz CT molecular complexity index is 1240. The molecule has 0 aliphatic rings. The van der Waals surface area contributed by atoms with Gasteiger partial charge in [0.05, 0.1) is 20.8 Å². The van der Waals surface area contributed by atoms with Gasteiger partial charge in [0.25, 0.3) is 5.91 Å². The van der Waals surface area contributed by atoms with Crippen LogP contribution in [0, 0.1) is 5.92 Å². The van der Waals surface area contributed by atoms with Crippen LogP contribution in [0.15, 0.2) is 60.8 Å². The normalized spacial score (nSPS) is 11.0. The van der Waals surface area contributed by atoms with E-state index in [2.05, 4.69) is 18.4 Å². The maximum absolute atomic E-state index is 13.8. The van der Waals surface area contributed by atoms with E-state index in [9.17, 15) is 9.59 Å². The Morgan fingerprint density at radius 1 is 0.950 bits per heavy atom. The van der Waals surface area contributed by atoms with Crippen molar-refractivity contribution in [3.63, 3.8) is 0 Å². The van der Waals surface area contributed by atoms with Gasteiger partial charge in [-0.1, -0.05) is 43.6 Å². The number of hydrogen-bond donors (Lipinski definition) is 0. The number of nitrogens with zero attached hydrogens (tertiary/aromatic N) is 3. The third kappa shape index (κ3) is 8.76. The van der Waals surface area contributed by atoms with E-state index < -0.39 is 0 Å². The van der Waals surface area contributed by atoms with Crippen molar-refractivity contribution in [1.82, 2.24) is 14.4 Å². The summed E-state index contributed by atoms with van der Waals surface area (Å²) in [5.41, 5.74) is 2.39. The van der Waals surface area contributed by atoms with Gasteiger partial charge < -0.3 is 28.6 Å². The molecule has 0 aliphatic carbocycles. The van der Waals surface area contributed by atoms with Gasteiger partial charge in [0.2, 0.25) is 5.91 Å². The second-order valence-corrected chi connectivity index (χ2v) is 10.5. The molecule has 9 heteroatoms. The Morgan fingerprint density at radius 3 is 2.27 bits per heavy atom. The van der Waals surface area contributed by atoms with Gasteiger partial charge in [-0.25, -0.2) is 0 Å². The summed E-state index contributed by atoms with van der Waals surface area (Å²) in [6.07, 6.45) is 2.59. The number of halogens is 1. The minimum Gasteiger partial charge on any atom is -0.497 e. The smallest absolute Gasteiger partial charge is 0.254 e. The minimum absolute atomic E-state index is 0.0555. The number of methoxy groups -OCH3 is 3. The Morgan fingerprint density at radius 2 is 1.65 bits per heavy atom. The van der Waals surface area contributed by atoms with Crippen molar-refractivity contribution in [2.24, 2.45) is 5.92 Å². The average molecular weight is 570 g/mol. The number of rotatable bonds is 15. The van der Waals surface area contributed by atoms with E-state index in [4.69, 9.17) is 25.8 Å². The fourth-order valence-corrected chi connectivity index (χ4v) is 4.67. The van der Waals surface area contributed by atoms with Crippen LogP contribution in [-0.2, 0) is 22.6 Å². The molecule has 3 aromatic rings. The summed E-state index contributed by atoms with van der Waals surface area (Å²) >= 11 is 6.41. The maximum Gasteiger partial charge on any atom is 0.254 e. The fraction of sp³-hybridized carbons (Fsp3) is 0.419. The standard InChI is InChI=1S/C31H40ClN3O5/c1-23(2)19-35(21-26-11-8-13-33(26)20-24-10-6-7-12-29(24)32)30(36)22-34(14-9-15-38-3)31(37)25-16-27(39-4)18-28(17-25)40-5/h6-8,10-13,16-18,23H,9,14-15,19-22H2,1-5H3. The number of aromatic nitrogens is 1. The van der Waals surface area contributed by atoms with Crippen LogP contribution < -0.4 is 9.47 Å². The van der Waals surface area contributed by atoms with Crippen LogP contribution in [0.4, 0.5) is 0 Å². The molecular weight excluding hydrogens is 530 g/mol. The van der Waals surface area contributed by atoms with Crippen molar-refractivity contribution in [3.05, 3.63) is 82.6 Å². The van der Waals surface area contributed by atoms with E-state index >= 15 is 0 Å². The highest BCUT2D eigenvalue weighted by molar-refractivity contribution is 6.31. The van der Waals surface area contributed by atoms with Crippen LogP contribution in [0.3, 0.4) is 0 Å². The predicted octanol–water partition coefficient (Wildman–Crippen LogP) is 5.37. The highest BCUT2D eigenvalue weighted by atomic mass is 35.5. The van der Waals surface area contributed by atoms with Gasteiger partial charge in [-0.05, 0) is 48.2 Å². The topological polar surface area (TPSA) is 73.2 Å². The van der Waals surface area contributed by atoms with E-state index in [1.165, 1.54) is 14.2 Å². The highest BCUT2D eigenvalue weighted by Crippen LogP contribution is 2.24. The molecule has 0 saturated heterocycles. The molecular formula is C31H40ClN3O5. The van der Waals surface area contributed by atoms with Crippen molar-refractivity contribution in [2.75, 3.05) is 47.6 Å². The Labute approximate surface area is 242 Å². The van der Waals surface area contributed by atoms with Crippen LogP contribution in [0.2, 0.25) is 5.02 Å². The molecule has 216 valence electrons. The lowest BCUT2D eigenvalue weighted by molar-refractivity contribution is -0.133. The SMILES string of the molecule is COCCCN(CC(=O)N(Cc1cccn1Cc1ccccc1Cl)CC(C)C)C(=O)c1cc(OC)cc(OC)c1. The summed E-state index contributed by atoms with van der Waals surface area (Å²) in [5.74, 6) is 0.863. The predicted molar refractivity (Wildman–Crippen MR) is 157 cm³/mol. The first-order valence-electron chi connectivity index (χ1n) is 13.4. The Hall–Kier alpha value is -3.49. The van der Waals surface area contributed by atoms with Gasteiger partial charge in [0.1, 0.15) is 18.0 Å². The molecule has 40 heavy (non-hydrogen) atoms. The number of carbonyl (C=O) groups is 2. The number of amides is 2. The second kappa shape index (κ2) is 15.3. The third-order valence-electron chi connectivity index (χ3n) is 6.50. The molecule has 2 aromatic carbocycles. The summed E-state index contributed by atoms with van der Waals surface area (Å²) in [7, 11) is 4.69. The second-order valence-electron chi connectivity index (χ2n) is 10.1. The molecule has 1 aromatic heterocycles. The lowest BCUT2D eigenvalue weighted by Crippen LogP contribution is -2.44. The molecule has 0 unspecified atom stereocenters. The van der Waals surface area contributed by atoms with Gasteiger partial charge >= 0.3 is 0 Å². The van der Waals surface area contributed by atoms with Crippen LogP contribution >= 0.6 is 11.6 Å². The average Bonchev–Trinajstić information content (AvgIpc) is 3.38. The Balaban J connectivity index is 1.83. The van der Waals surface area contributed by atoms with E-state index in [0.717, 1.165) is 11.3 Å². The molecule has 2 amide bonds. The zero-order chi connectivity index (χ0) is 29.1. The lowest BCUT2D eigenvalue weighted by atomic mass is 10.1. The quantitative estimate of drug-likeness (QED) is 0.230. The minimum atomic E-state index is -0.270. The largest absolute Gasteiger partial charge is 0.497 e. The first kappa shape index (κ1) is 31.0. The maximum atomic E-state index is 13.8. The molecule has 3 rings (SSSR count). The third-order valence-corrected chi connectivity index (χ3v) is 6.87. The number of carbonyl (C=O) groups excluding carboxylic acids is 2. The molecule has 8 nitrogen and oxygen atoms in total. The number of hydrogen-bond acceptors (Lipinski definition) is 5. The highest BCUT2D eigenvalue weighted by Gasteiger charge is 2.24. The number of benzene rings is 2. The summed E-state index contributed by atoms with van der Waals surface area (Å²) in [4.78, 5) is 30.8. The van der Waals surface area contributed by atoms with Crippen molar-refractivity contribution in [1.29, 1.82) is 0 Å². The van der Waals surface area contributed by atoms with E-state index in [1.54, 1.807) is 30.2 Å². The van der Waals surface area contributed by atoms with Crippen LogP contribution in [0.25, 0.3) is 0 Å². The van der Waals surface area contributed by atoms with Crippen LogP contribution in [0.1, 0.15) is 41.9 Å². The molecule has 1 heterocycles. The monoisotopic (exact) mass is 569 g/mol. The zero-order valence-corrected chi connectivity index (χ0v) is 24.8. The first-order valence-corrected chi connectivity index (χ1v) is 13.8. The molecule has 0 aliphatic heterocycles. The lowest BCUT2D eigenvalue weighted by Gasteiger charge is -2.29. The fourth-order valence-electron chi connectivity index (χ4n) is 4.48. The van der Waals surface area contributed by atoms with Crippen LogP contribution in [-0.4, -0.2) is 73.8 Å². The van der Waals surface area contributed by atoms with E-state index in [-0.39, 0.29) is 24.3 Å². The number of ether oxygens (including phenoxy) is 3. The molecule has 0 radical (unpaired) electrons. The van der Waals surface area contributed by atoms with Crippen molar-refractivity contribution in [3.8, 4) is 11.5 Å². The van der Waals surface area contributed by atoms with Gasteiger partial charge in [0.15, 0.2) is 0 Å². The van der Waals surface area contributed by atoms with Crippen LogP contribution in [0.5, 0.6) is 11.5 Å². The summed E-state index contributed by atoms with van der Waals surface area (Å²) in [5, 5.41) is 0.705. The molecule has 0 fully saturated rings. The van der Waals surface area contributed by atoms with Crippen molar-refractivity contribution < 1.29 is 23.8 Å². The molecule has 0 saturated carbocycles. The first-order chi connectivity index (χ1) is 19.2. The Kier molecular flexibility index (Phi) is 11.9. The molecule has 0 atom stereocenters. The molecule has 0 bridgehead atoms. The summed E-state index contributed by atoms with van der Waals surface area (Å²) in [6.45, 7) is 6.52. The van der Waals surface area contributed by atoms with E-state index in [0.29, 0.717) is 61.3 Å².